The van der Waals surface area contributed by atoms with E-state index in [1.54, 1.807) is 26.0 Å². The maximum Gasteiger partial charge on any atom is 0.226 e. The molecule has 5 heteroatoms. The predicted octanol–water partition coefficient (Wildman–Crippen LogP) is 1.68. The average Bonchev–Trinajstić information content (AvgIpc) is 2.16. The molecule has 0 atom stereocenters. The van der Waals surface area contributed by atoms with E-state index >= 15 is 0 Å². The third-order valence-corrected chi connectivity index (χ3v) is 3.16. The Morgan fingerprint density at radius 1 is 1.31 bits per heavy atom. The lowest BCUT2D eigenvalue weighted by Crippen LogP contribution is -2.17. The maximum atomic E-state index is 11.4. The number of amides is 1. The maximum absolute atomic E-state index is 11.4. The van der Waals surface area contributed by atoms with E-state index in [0.29, 0.717) is 5.69 Å². The van der Waals surface area contributed by atoms with E-state index in [2.05, 4.69) is 5.32 Å². The van der Waals surface area contributed by atoms with E-state index in [0.717, 1.165) is 6.26 Å². The third kappa shape index (κ3) is 3.34. The molecule has 1 N–H and O–H groups in total. The molecule has 0 fully saturated rings. The standard InChI is InChI=1S/C11H15NO3S/c1-8(2)11(13)12-9-5-4-6-10(7-9)16(3,14)15/h4-8H,1-3H3,(H,12,13). The van der Waals surface area contributed by atoms with Crippen LogP contribution in [0.5, 0.6) is 0 Å². The van der Waals surface area contributed by atoms with Gasteiger partial charge in [0.15, 0.2) is 9.84 Å². The zero-order valence-electron chi connectivity index (χ0n) is 9.52. The summed E-state index contributed by atoms with van der Waals surface area (Å²) >= 11 is 0. The van der Waals surface area contributed by atoms with Crippen molar-refractivity contribution in [2.45, 2.75) is 18.7 Å². The number of benzene rings is 1. The molecule has 0 aliphatic heterocycles. The van der Waals surface area contributed by atoms with Gasteiger partial charge in [0.05, 0.1) is 4.90 Å². The Balaban J connectivity index is 2.96. The van der Waals surface area contributed by atoms with E-state index in [1.165, 1.54) is 12.1 Å². The van der Waals surface area contributed by atoms with Crippen LogP contribution in [-0.4, -0.2) is 20.6 Å². The molecule has 88 valence electrons. The molecular formula is C11H15NO3S. The summed E-state index contributed by atoms with van der Waals surface area (Å²) in [6, 6.07) is 6.22. The lowest BCUT2D eigenvalue weighted by Gasteiger charge is -2.08. The van der Waals surface area contributed by atoms with Crippen LogP contribution in [-0.2, 0) is 14.6 Å². The van der Waals surface area contributed by atoms with Crippen molar-refractivity contribution in [2.24, 2.45) is 5.92 Å². The molecule has 1 aromatic rings. The van der Waals surface area contributed by atoms with Crippen LogP contribution in [0.3, 0.4) is 0 Å². The fourth-order valence-electron chi connectivity index (χ4n) is 1.09. The third-order valence-electron chi connectivity index (χ3n) is 2.05. The van der Waals surface area contributed by atoms with Gasteiger partial charge in [0.2, 0.25) is 5.91 Å². The second kappa shape index (κ2) is 4.65. The van der Waals surface area contributed by atoms with Gasteiger partial charge >= 0.3 is 0 Å². The predicted molar refractivity (Wildman–Crippen MR) is 63.0 cm³/mol. The molecule has 0 aliphatic rings. The van der Waals surface area contributed by atoms with E-state index in [-0.39, 0.29) is 16.7 Å². The van der Waals surface area contributed by atoms with E-state index < -0.39 is 9.84 Å². The van der Waals surface area contributed by atoms with Crippen molar-refractivity contribution in [3.8, 4) is 0 Å². The quantitative estimate of drug-likeness (QED) is 0.875. The molecule has 1 aromatic carbocycles. The molecule has 0 bridgehead atoms. The first kappa shape index (κ1) is 12.7. The summed E-state index contributed by atoms with van der Waals surface area (Å²) in [6.45, 7) is 3.55. The minimum atomic E-state index is -3.23. The highest BCUT2D eigenvalue weighted by atomic mass is 32.2. The van der Waals surface area contributed by atoms with Gasteiger partial charge in [-0.05, 0) is 18.2 Å². The van der Waals surface area contributed by atoms with Crippen LogP contribution in [0.2, 0.25) is 0 Å². The molecule has 0 saturated heterocycles. The van der Waals surface area contributed by atoms with Gasteiger partial charge < -0.3 is 5.32 Å². The van der Waals surface area contributed by atoms with Crippen LogP contribution in [0.1, 0.15) is 13.8 Å². The van der Waals surface area contributed by atoms with E-state index in [9.17, 15) is 13.2 Å². The normalized spacial score (nSPS) is 11.5. The van der Waals surface area contributed by atoms with Gasteiger partial charge in [0, 0.05) is 17.9 Å². The van der Waals surface area contributed by atoms with Crippen molar-refractivity contribution in [3.63, 3.8) is 0 Å². The summed E-state index contributed by atoms with van der Waals surface area (Å²) in [7, 11) is -3.23. The summed E-state index contributed by atoms with van der Waals surface area (Å²) in [6.07, 6.45) is 1.14. The van der Waals surface area contributed by atoms with Gasteiger partial charge in [-0.3, -0.25) is 4.79 Å². The second-order valence-corrected chi connectivity index (χ2v) is 5.96. The molecule has 0 saturated carbocycles. The minimum absolute atomic E-state index is 0.134. The zero-order chi connectivity index (χ0) is 12.3. The second-order valence-electron chi connectivity index (χ2n) is 3.94. The van der Waals surface area contributed by atoms with Gasteiger partial charge in [-0.15, -0.1) is 0 Å². The highest BCUT2D eigenvalue weighted by Crippen LogP contribution is 2.15. The molecule has 1 rings (SSSR count). The monoisotopic (exact) mass is 241 g/mol. The molecule has 16 heavy (non-hydrogen) atoms. The highest BCUT2D eigenvalue weighted by Gasteiger charge is 2.10. The van der Waals surface area contributed by atoms with Crippen LogP contribution in [0.25, 0.3) is 0 Å². The van der Waals surface area contributed by atoms with Crippen molar-refractivity contribution >= 4 is 21.4 Å². The van der Waals surface area contributed by atoms with Gasteiger partial charge in [-0.2, -0.15) is 0 Å². The highest BCUT2D eigenvalue weighted by molar-refractivity contribution is 7.90. The Hall–Kier alpha value is -1.36. The average molecular weight is 241 g/mol. The van der Waals surface area contributed by atoms with Crippen molar-refractivity contribution in [3.05, 3.63) is 24.3 Å². The largest absolute Gasteiger partial charge is 0.326 e. The van der Waals surface area contributed by atoms with Crippen LogP contribution in [0, 0.1) is 5.92 Å². The fraction of sp³-hybridized carbons (Fsp3) is 0.364. The molecule has 0 radical (unpaired) electrons. The summed E-state index contributed by atoms with van der Waals surface area (Å²) in [5.74, 6) is -0.271. The SMILES string of the molecule is CC(C)C(=O)Nc1cccc(S(C)(=O)=O)c1. The lowest BCUT2D eigenvalue weighted by molar-refractivity contribution is -0.118. The first-order valence-electron chi connectivity index (χ1n) is 4.91. The number of carbonyl (C=O) groups is 1. The minimum Gasteiger partial charge on any atom is -0.326 e. The number of hydrogen-bond acceptors (Lipinski definition) is 3. The van der Waals surface area contributed by atoms with Crippen LogP contribution in [0.4, 0.5) is 5.69 Å². The van der Waals surface area contributed by atoms with Crippen LogP contribution in [0.15, 0.2) is 29.2 Å². The summed E-state index contributed by atoms with van der Waals surface area (Å²) in [4.78, 5) is 11.6. The Morgan fingerprint density at radius 2 is 1.94 bits per heavy atom. The fourth-order valence-corrected chi connectivity index (χ4v) is 1.76. The van der Waals surface area contributed by atoms with Gasteiger partial charge in [-0.25, -0.2) is 8.42 Å². The lowest BCUT2D eigenvalue weighted by atomic mass is 10.2. The Bertz CT molecular complexity index is 492. The van der Waals surface area contributed by atoms with E-state index in [1.807, 2.05) is 0 Å². The summed E-state index contributed by atoms with van der Waals surface area (Å²) in [5.41, 5.74) is 0.502. The van der Waals surface area contributed by atoms with Crippen molar-refractivity contribution in [2.75, 3.05) is 11.6 Å². The first-order chi connectivity index (χ1) is 7.30. The first-order valence-corrected chi connectivity index (χ1v) is 6.81. The number of carbonyl (C=O) groups excluding carboxylic acids is 1. The molecule has 1 amide bonds. The molecule has 4 nitrogen and oxygen atoms in total. The Labute approximate surface area is 95.6 Å². The summed E-state index contributed by atoms with van der Waals surface area (Å²) in [5, 5.41) is 2.65. The summed E-state index contributed by atoms with van der Waals surface area (Å²) < 4.78 is 22.6. The molecular weight excluding hydrogens is 226 g/mol. The Morgan fingerprint density at radius 3 is 2.44 bits per heavy atom. The molecule has 0 unspecified atom stereocenters. The molecule has 0 aliphatic carbocycles. The molecule has 0 spiro atoms. The number of sulfone groups is 1. The van der Waals surface area contributed by atoms with E-state index in [4.69, 9.17) is 0 Å². The van der Waals surface area contributed by atoms with Gasteiger partial charge in [0.1, 0.15) is 0 Å². The zero-order valence-corrected chi connectivity index (χ0v) is 10.3. The van der Waals surface area contributed by atoms with Crippen LogP contribution < -0.4 is 5.32 Å². The smallest absolute Gasteiger partial charge is 0.226 e. The number of hydrogen-bond donors (Lipinski definition) is 1. The topological polar surface area (TPSA) is 63.2 Å². The van der Waals surface area contributed by atoms with Crippen molar-refractivity contribution in [1.82, 2.24) is 0 Å². The van der Waals surface area contributed by atoms with Crippen LogP contribution >= 0.6 is 0 Å². The molecule has 0 aromatic heterocycles. The Kier molecular flexibility index (Phi) is 3.70. The number of anilines is 1. The van der Waals surface area contributed by atoms with Crippen molar-refractivity contribution < 1.29 is 13.2 Å². The van der Waals surface area contributed by atoms with Gasteiger partial charge in [0.25, 0.3) is 0 Å². The van der Waals surface area contributed by atoms with Crippen molar-refractivity contribution in [1.29, 1.82) is 0 Å². The number of rotatable bonds is 3. The van der Waals surface area contributed by atoms with Gasteiger partial charge in [-0.1, -0.05) is 19.9 Å². The molecule has 0 heterocycles. The number of nitrogens with one attached hydrogen (secondary N) is 1.